The summed E-state index contributed by atoms with van der Waals surface area (Å²) in [6.07, 6.45) is -0.275. The third-order valence-electron chi connectivity index (χ3n) is 4.62. The Bertz CT molecular complexity index is 465. The molecule has 1 saturated carbocycles. The summed E-state index contributed by atoms with van der Waals surface area (Å²) in [5.74, 6) is 0. The Morgan fingerprint density at radius 2 is 1.81 bits per heavy atom. The number of rotatable bonds is 3. The van der Waals surface area contributed by atoms with E-state index in [0.29, 0.717) is 11.6 Å². The van der Waals surface area contributed by atoms with E-state index in [1.54, 1.807) is 6.07 Å². The Labute approximate surface area is 124 Å². The first-order valence-corrected chi connectivity index (χ1v) is 7.43. The maximum atomic E-state index is 12.8. The van der Waals surface area contributed by atoms with Gasteiger partial charge in [0.05, 0.1) is 5.56 Å². The molecule has 5 heteroatoms. The molecule has 1 atom stereocenters. The molecule has 0 bridgehead atoms. The zero-order valence-corrected chi connectivity index (χ0v) is 12.5. The minimum absolute atomic E-state index is 0.0355. The van der Waals surface area contributed by atoms with Crippen molar-refractivity contribution in [1.29, 1.82) is 0 Å². The van der Waals surface area contributed by atoms with Crippen molar-refractivity contribution < 1.29 is 13.2 Å². The van der Waals surface area contributed by atoms with Crippen LogP contribution in [0.25, 0.3) is 0 Å². The van der Waals surface area contributed by atoms with Gasteiger partial charge in [-0.15, -0.1) is 0 Å². The molecule has 2 N–H and O–H groups in total. The van der Waals surface area contributed by atoms with Crippen LogP contribution in [-0.4, -0.2) is 24.0 Å². The average Bonchev–Trinajstić information content (AvgIpc) is 2.46. The van der Waals surface area contributed by atoms with Gasteiger partial charge in [-0.3, -0.25) is 4.90 Å². The molecule has 1 aliphatic carbocycles. The fourth-order valence-corrected chi connectivity index (χ4v) is 3.04. The molecular formula is C16H23F3N2. The third kappa shape index (κ3) is 3.98. The Kier molecular flexibility index (Phi) is 4.94. The molecule has 1 unspecified atom stereocenters. The highest BCUT2D eigenvalue weighted by atomic mass is 19.4. The highest BCUT2D eigenvalue weighted by molar-refractivity contribution is 5.27. The van der Waals surface area contributed by atoms with Gasteiger partial charge in [-0.2, -0.15) is 13.2 Å². The van der Waals surface area contributed by atoms with E-state index in [9.17, 15) is 13.2 Å². The molecule has 0 saturated heterocycles. The molecule has 0 amide bonds. The second kappa shape index (κ2) is 6.36. The number of nitrogens with zero attached hydrogens (tertiary/aromatic N) is 1. The molecule has 21 heavy (non-hydrogen) atoms. The first kappa shape index (κ1) is 16.3. The van der Waals surface area contributed by atoms with Gasteiger partial charge in [0.1, 0.15) is 0 Å². The summed E-state index contributed by atoms with van der Waals surface area (Å²) in [4.78, 5) is 2.18. The summed E-state index contributed by atoms with van der Waals surface area (Å²) in [6, 6.07) is 6.27. The first-order chi connectivity index (χ1) is 9.79. The third-order valence-corrected chi connectivity index (χ3v) is 4.62. The zero-order chi connectivity index (χ0) is 15.6. The summed E-state index contributed by atoms with van der Waals surface area (Å²) in [7, 11) is 1.99. The quantitative estimate of drug-likeness (QED) is 0.915. The molecular weight excluding hydrogens is 277 g/mol. The van der Waals surface area contributed by atoms with Crippen LogP contribution in [-0.2, 0) is 6.18 Å². The molecule has 1 aliphatic rings. The van der Waals surface area contributed by atoms with Crippen molar-refractivity contribution in [3.63, 3.8) is 0 Å². The predicted octanol–water partition coefficient (Wildman–Crippen LogP) is 3.97. The lowest BCUT2D eigenvalue weighted by Gasteiger charge is -2.37. The zero-order valence-electron chi connectivity index (χ0n) is 12.5. The number of nitrogens with two attached hydrogens (primary N) is 1. The van der Waals surface area contributed by atoms with Gasteiger partial charge in [0.25, 0.3) is 0 Å². The summed E-state index contributed by atoms with van der Waals surface area (Å²) >= 11 is 0. The lowest BCUT2D eigenvalue weighted by Crippen LogP contribution is -2.39. The highest BCUT2D eigenvalue weighted by Gasteiger charge is 2.31. The van der Waals surface area contributed by atoms with Crippen LogP contribution in [0, 0.1) is 0 Å². The lowest BCUT2D eigenvalue weighted by atomic mass is 9.89. The topological polar surface area (TPSA) is 29.3 Å². The highest BCUT2D eigenvalue weighted by Crippen LogP contribution is 2.33. The van der Waals surface area contributed by atoms with Crippen LogP contribution in [0.2, 0.25) is 0 Å². The summed E-state index contributed by atoms with van der Waals surface area (Å²) in [5.41, 5.74) is 6.04. The SMILES string of the molecule is CC(c1cccc(C(F)(F)F)c1)N(C)C1CCC(N)CC1. The van der Waals surface area contributed by atoms with Crippen LogP contribution >= 0.6 is 0 Å². The minimum atomic E-state index is -4.29. The Hall–Kier alpha value is -1.07. The molecule has 0 spiro atoms. The molecule has 1 aromatic carbocycles. The van der Waals surface area contributed by atoms with Gasteiger partial charge in [-0.1, -0.05) is 12.1 Å². The van der Waals surface area contributed by atoms with Gasteiger partial charge < -0.3 is 5.73 Å². The standard InChI is InChI=1S/C16H23F3N2/c1-11(21(2)15-8-6-14(20)7-9-15)12-4-3-5-13(10-12)16(17,18)19/h3-5,10-11,14-15H,6-9,20H2,1-2H3. The van der Waals surface area contributed by atoms with Gasteiger partial charge in [-0.25, -0.2) is 0 Å². The predicted molar refractivity (Wildman–Crippen MR) is 77.9 cm³/mol. The number of benzene rings is 1. The normalized spacial score (nSPS) is 25.1. The lowest BCUT2D eigenvalue weighted by molar-refractivity contribution is -0.137. The van der Waals surface area contributed by atoms with Crippen molar-refractivity contribution in [2.75, 3.05) is 7.05 Å². The van der Waals surface area contributed by atoms with Crippen molar-refractivity contribution in [3.8, 4) is 0 Å². The molecule has 118 valence electrons. The van der Waals surface area contributed by atoms with E-state index < -0.39 is 11.7 Å². The second-order valence-corrected chi connectivity index (χ2v) is 6.03. The molecule has 0 aliphatic heterocycles. The number of alkyl halides is 3. The number of hydrogen-bond acceptors (Lipinski definition) is 2. The molecule has 1 fully saturated rings. The van der Waals surface area contributed by atoms with E-state index in [1.165, 1.54) is 12.1 Å². The minimum Gasteiger partial charge on any atom is -0.328 e. The van der Waals surface area contributed by atoms with Crippen LogP contribution in [0.15, 0.2) is 24.3 Å². The van der Waals surface area contributed by atoms with Gasteiger partial charge in [0.15, 0.2) is 0 Å². The molecule has 0 aromatic heterocycles. The molecule has 0 heterocycles. The van der Waals surface area contributed by atoms with Crippen molar-refractivity contribution in [3.05, 3.63) is 35.4 Å². The van der Waals surface area contributed by atoms with Crippen molar-refractivity contribution in [2.45, 2.75) is 56.9 Å². The van der Waals surface area contributed by atoms with Crippen LogP contribution < -0.4 is 5.73 Å². The van der Waals surface area contributed by atoms with Crippen LogP contribution in [0.3, 0.4) is 0 Å². The van der Waals surface area contributed by atoms with E-state index in [-0.39, 0.29) is 12.1 Å². The summed E-state index contributed by atoms with van der Waals surface area (Å²) < 4.78 is 38.4. The van der Waals surface area contributed by atoms with E-state index in [0.717, 1.165) is 31.7 Å². The molecule has 2 nitrogen and oxygen atoms in total. The van der Waals surface area contributed by atoms with E-state index in [4.69, 9.17) is 5.73 Å². The molecule has 0 radical (unpaired) electrons. The van der Waals surface area contributed by atoms with Gasteiger partial charge in [-0.05, 0) is 57.4 Å². The van der Waals surface area contributed by atoms with Crippen molar-refractivity contribution >= 4 is 0 Å². The van der Waals surface area contributed by atoms with Crippen molar-refractivity contribution in [1.82, 2.24) is 4.90 Å². The van der Waals surface area contributed by atoms with E-state index >= 15 is 0 Å². The number of hydrogen-bond donors (Lipinski definition) is 1. The largest absolute Gasteiger partial charge is 0.416 e. The fourth-order valence-electron chi connectivity index (χ4n) is 3.04. The monoisotopic (exact) mass is 300 g/mol. The molecule has 1 aromatic rings. The second-order valence-electron chi connectivity index (χ2n) is 6.03. The van der Waals surface area contributed by atoms with E-state index in [2.05, 4.69) is 4.90 Å². The van der Waals surface area contributed by atoms with Gasteiger partial charge in [0.2, 0.25) is 0 Å². The van der Waals surface area contributed by atoms with Gasteiger partial charge in [0, 0.05) is 18.1 Å². The average molecular weight is 300 g/mol. The first-order valence-electron chi connectivity index (χ1n) is 7.43. The van der Waals surface area contributed by atoms with E-state index in [1.807, 2.05) is 14.0 Å². The maximum Gasteiger partial charge on any atom is 0.416 e. The van der Waals surface area contributed by atoms with Crippen molar-refractivity contribution in [2.24, 2.45) is 5.73 Å². The maximum absolute atomic E-state index is 12.8. The van der Waals surface area contributed by atoms with Gasteiger partial charge >= 0.3 is 6.18 Å². The summed E-state index contributed by atoms with van der Waals surface area (Å²) in [5, 5.41) is 0. The van der Waals surface area contributed by atoms with Crippen LogP contribution in [0.1, 0.15) is 49.8 Å². The summed E-state index contributed by atoms with van der Waals surface area (Å²) in [6.45, 7) is 1.96. The van der Waals surface area contributed by atoms with Crippen LogP contribution in [0.4, 0.5) is 13.2 Å². The Morgan fingerprint density at radius 3 is 2.38 bits per heavy atom. The Morgan fingerprint density at radius 1 is 1.19 bits per heavy atom. The van der Waals surface area contributed by atoms with Crippen LogP contribution in [0.5, 0.6) is 0 Å². The number of halogens is 3. The molecule has 2 rings (SSSR count). The fraction of sp³-hybridized carbons (Fsp3) is 0.625. The Balaban J connectivity index is 2.10. The smallest absolute Gasteiger partial charge is 0.328 e.